The van der Waals surface area contributed by atoms with Crippen molar-refractivity contribution in [1.82, 2.24) is 9.55 Å². The molecule has 20 heavy (non-hydrogen) atoms. The van der Waals surface area contributed by atoms with Gasteiger partial charge >= 0.3 is 0 Å². The van der Waals surface area contributed by atoms with Crippen LogP contribution in [-0.2, 0) is 0 Å². The fourth-order valence-corrected chi connectivity index (χ4v) is 2.12. The number of methoxy groups -OCH3 is 1. The van der Waals surface area contributed by atoms with Crippen LogP contribution in [0.2, 0.25) is 0 Å². The molecule has 0 unspecified atom stereocenters. The maximum atomic E-state index is 13.3. The van der Waals surface area contributed by atoms with Gasteiger partial charge < -0.3 is 4.74 Å². The van der Waals surface area contributed by atoms with Crippen LogP contribution in [0, 0.1) is 5.82 Å². The lowest BCUT2D eigenvalue weighted by Gasteiger charge is -2.11. The van der Waals surface area contributed by atoms with Crippen molar-refractivity contribution in [2.75, 3.05) is 7.11 Å². The molecule has 3 rings (SSSR count). The molecule has 0 amide bonds. The average molecular weight is 270 g/mol. The van der Waals surface area contributed by atoms with Gasteiger partial charge in [0.2, 0.25) is 0 Å². The zero-order chi connectivity index (χ0) is 14.1. The maximum absolute atomic E-state index is 13.3. The predicted molar refractivity (Wildman–Crippen MR) is 73.9 cm³/mol. The van der Waals surface area contributed by atoms with Gasteiger partial charge in [-0.2, -0.15) is 0 Å². The maximum Gasteiger partial charge on any atom is 0.264 e. The minimum Gasteiger partial charge on any atom is -0.495 e. The van der Waals surface area contributed by atoms with Crippen molar-refractivity contribution < 1.29 is 9.13 Å². The van der Waals surface area contributed by atoms with E-state index in [2.05, 4.69) is 4.98 Å². The minimum atomic E-state index is -0.535. The average Bonchev–Trinajstić information content (AvgIpc) is 2.48. The molecule has 0 aliphatic carbocycles. The van der Waals surface area contributed by atoms with Crippen molar-refractivity contribution in [1.29, 1.82) is 0 Å². The van der Waals surface area contributed by atoms with Gasteiger partial charge in [0.05, 0.1) is 29.9 Å². The zero-order valence-electron chi connectivity index (χ0n) is 10.7. The molecule has 0 fully saturated rings. The molecule has 100 valence electrons. The molecule has 0 radical (unpaired) electrons. The number of benzene rings is 1. The van der Waals surface area contributed by atoms with Crippen molar-refractivity contribution in [2.24, 2.45) is 0 Å². The van der Waals surface area contributed by atoms with E-state index < -0.39 is 5.82 Å². The largest absolute Gasteiger partial charge is 0.495 e. The Kier molecular flexibility index (Phi) is 2.95. The predicted octanol–water partition coefficient (Wildman–Crippen LogP) is 2.53. The Morgan fingerprint density at radius 1 is 1.25 bits per heavy atom. The molecule has 3 aromatic rings. The van der Waals surface area contributed by atoms with Crippen LogP contribution in [0.1, 0.15) is 0 Å². The number of halogens is 1. The summed E-state index contributed by atoms with van der Waals surface area (Å²) in [6.07, 6.45) is 2.70. The molecule has 2 heterocycles. The third kappa shape index (κ3) is 1.93. The molecule has 0 spiro atoms. The molecule has 0 saturated heterocycles. The number of aromatic nitrogens is 2. The second kappa shape index (κ2) is 4.77. The van der Waals surface area contributed by atoms with Gasteiger partial charge in [-0.3, -0.25) is 14.3 Å². The Hall–Kier alpha value is -2.69. The van der Waals surface area contributed by atoms with Crippen LogP contribution in [0.5, 0.6) is 5.75 Å². The van der Waals surface area contributed by atoms with Gasteiger partial charge in [0.25, 0.3) is 5.56 Å². The van der Waals surface area contributed by atoms with E-state index in [0.29, 0.717) is 17.0 Å². The number of pyridine rings is 2. The zero-order valence-corrected chi connectivity index (χ0v) is 10.7. The van der Waals surface area contributed by atoms with Gasteiger partial charge in [0.15, 0.2) is 0 Å². The third-order valence-electron chi connectivity index (χ3n) is 3.06. The van der Waals surface area contributed by atoms with Crippen LogP contribution in [-0.4, -0.2) is 16.7 Å². The van der Waals surface area contributed by atoms with Crippen molar-refractivity contribution in [2.45, 2.75) is 0 Å². The van der Waals surface area contributed by atoms with Crippen LogP contribution in [0.4, 0.5) is 4.39 Å². The van der Waals surface area contributed by atoms with Crippen LogP contribution in [0.25, 0.3) is 16.6 Å². The topological polar surface area (TPSA) is 44.1 Å². The molecule has 0 aliphatic rings. The first kappa shape index (κ1) is 12.3. The summed E-state index contributed by atoms with van der Waals surface area (Å²) in [6, 6.07) is 10.0. The first-order chi connectivity index (χ1) is 9.70. The smallest absolute Gasteiger partial charge is 0.264 e. The summed E-state index contributed by atoms with van der Waals surface area (Å²) in [7, 11) is 1.53. The van der Waals surface area contributed by atoms with E-state index in [1.807, 2.05) is 6.07 Å². The van der Waals surface area contributed by atoms with Crippen LogP contribution in [0.3, 0.4) is 0 Å². The van der Waals surface area contributed by atoms with Crippen LogP contribution < -0.4 is 10.3 Å². The van der Waals surface area contributed by atoms with Gasteiger partial charge in [0, 0.05) is 6.20 Å². The standard InChI is InChI=1S/C15H11FN2O2/c1-20-14-5-3-2-4-13(14)18-7-6-12-11(15(18)19)8-10(16)9-17-12/h2-9H,1H3. The molecule has 0 saturated carbocycles. The number of para-hydroxylation sites is 2. The van der Waals surface area contributed by atoms with Gasteiger partial charge in [-0.15, -0.1) is 0 Å². The Labute approximate surface area is 114 Å². The molecule has 0 aliphatic heterocycles. The molecule has 5 heteroatoms. The number of ether oxygens (including phenoxy) is 1. The van der Waals surface area contributed by atoms with E-state index in [0.717, 1.165) is 6.20 Å². The van der Waals surface area contributed by atoms with Crippen LogP contribution in [0.15, 0.2) is 53.6 Å². The Bertz CT molecular complexity index is 843. The lowest BCUT2D eigenvalue weighted by molar-refractivity contribution is 0.412. The number of rotatable bonds is 2. The van der Waals surface area contributed by atoms with Crippen molar-refractivity contribution in [3.05, 3.63) is 65.0 Å². The highest BCUT2D eigenvalue weighted by molar-refractivity contribution is 5.77. The monoisotopic (exact) mass is 270 g/mol. The van der Waals surface area contributed by atoms with E-state index >= 15 is 0 Å². The number of hydrogen-bond acceptors (Lipinski definition) is 3. The molecule has 0 N–H and O–H groups in total. The number of hydrogen-bond donors (Lipinski definition) is 0. The Balaban J connectivity index is 2.32. The highest BCUT2D eigenvalue weighted by Gasteiger charge is 2.09. The van der Waals surface area contributed by atoms with Crippen molar-refractivity contribution >= 4 is 10.9 Å². The van der Waals surface area contributed by atoms with Gasteiger partial charge in [-0.05, 0) is 24.3 Å². The second-order valence-corrected chi connectivity index (χ2v) is 4.25. The molecule has 0 atom stereocenters. The van der Waals surface area contributed by atoms with Crippen molar-refractivity contribution in [3.8, 4) is 11.4 Å². The normalized spacial score (nSPS) is 10.7. The summed E-state index contributed by atoms with van der Waals surface area (Å²) < 4.78 is 19.9. The quantitative estimate of drug-likeness (QED) is 0.718. The summed E-state index contributed by atoms with van der Waals surface area (Å²) in [4.78, 5) is 16.3. The summed E-state index contributed by atoms with van der Waals surface area (Å²) in [6.45, 7) is 0. The lowest BCUT2D eigenvalue weighted by atomic mass is 10.2. The molecule has 0 bridgehead atoms. The Morgan fingerprint density at radius 2 is 2.05 bits per heavy atom. The van der Waals surface area contributed by atoms with Gasteiger partial charge in [0.1, 0.15) is 11.6 Å². The number of fused-ring (bicyclic) bond motifs is 1. The summed E-state index contributed by atoms with van der Waals surface area (Å²) in [5, 5.41) is 0.235. The minimum absolute atomic E-state index is 0.235. The van der Waals surface area contributed by atoms with Crippen LogP contribution >= 0.6 is 0 Å². The number of nitrogens with zero attached hydrogens (tertiary/aromatic N) is 2. The van der Waals surface area contributed by atoms with E-state index in [1.165, 1.54) is 17.7 Å². The van der Waals surface area contributed by atoms with Gasteiger partial charge in [-0.25, -0.2) is 4.39 Å². The molecule has 1 aromatic carbocycles. The Morgan fingerprint density at radius 3 is 2.85 bits per heavy atom. The van der Waals surface area contributed by atoms with Crippen molar-refractivity contribution in [3.63, 3.8) is 0 Å². The SMILES string of the molecule is COc1ccccc1-n1ccc2ncc(F)cc2c1=O. The summed E-state index contributed by atoms with van der Waals surface area (Å²) in [5.74, 6) is 0.0330. The van der Waals surface area contributed by atoms with E-state index in [9.17, 15) is 9.18 Å². The first-order valence-corrected chi connectivity index (χ1v) is 6.01. The molecular formula is C15H11FN2O2. The highest BCUT2D eigenvalue weighted by atomic mass is 19.1. The van der Waals surface area contributed by atoms with E-state index in [1.54, 1.807) is 30.5 Å². The molecular weight excluding hydrogens is 259 g/mol. The summed E-state index contributed by atoms with van der Waals surface area (Å²) in [5.41, 5.74) is 0.729. The highest BCUT2D eigenvalue weighted by Crippen LogP contribution is 2.21. The molecule has 2 aromatic heterocycles. The van der Waals surface area contributed by atoms with Gasteiger partial charge in [-0.1, -0.05) is 12.1 Å². The fraction of sp³-hybridized carbons (Fsp3) is 0.0667. The lowest BCUT2D eigenvalue weighted by Crippen LogP contribution is -2.18. The second-order valence-electron chi connectivity index (χ2n) is 4.25. The van der Waals surface area contributed by atoms with E-state index in [4.69, 9.17) is 4.74 Å². The molecule has 4 nitrogen and oxygen atoms in total. The first-order valence-electron chi connectivity index (χ1n) is 6.01. The van der Waals surface area contributed by atoms with E-state index in [-0.39, 0.29) is 10.9 Å². The third-order valence-corrected chi connectivity index (χ3v) is 3.06. The fourth-order valence-electron chi connectivity index (χ4n) is 2.12. The summed E-state index contributed by atoms with van der Waals surface area (Å²) >= 11 is 0.